The first-order valence-corrected chi connectivity index (χ1v) is 9.82. The Hall–Kier alpha value is -0.690. The molecule has 3 aliphatic rings. The Morgan fingerprint density at radius 1 is 0.864 bits per heavy atom. The minimum atomic E-state index is 0.0468. The molecule has 3 unspecified atom stereocenters. The SMILES string of the molecule is C1CCCCC1.N#COSC(=O)C1CCC2CCCCC2C1. The van der Waals surface area contributed by atoms with Gasteiger partial charge in [0.1, 0.15) is 12.0 Å². The summed E-state index contributed by atoms with van der Waals surface area (Å²) in [6.07, 6.45) is 19.1. The summed E-state index contributed by atoms with van der Waals surface area (Å²) in [5.74, 6) is 1.73. The number of rotatable bonds is 2. The van der Waals surface area contributed by atoms with Crippen LogP contribution in [0.15, 0.2) is 0 Å². The lowest BCUT2D eigenvalue weighted by Gasteiger charge is -2.38. The standard InChI is InChI=1S/C12H17NO2S.C6H12/c13-8-15-16-12(14)11-6-5-9-3-1-2-4-10(9)7-11;1-2-4-6-5-3-1/h9-11H,1-7H2;1-6H2. The van der Waals surface area contributed by atoms with E-state index in [1.54, 1.807) is 0 Å². The fourth-order valence-electron chi connectivity index (χ4n) is 4.28. The molecule has 0 radical (unpaired) electrons. The molecule has 3 nitrogen and oxygen atoms in total. The van der Waals surface area contributed by atoms with Crippen LogP contribution in [0.4, 0.5) is 0 Å². The molecular formula is C18H29NO2S. The van der Waals surface area contributed by atoms with Gasteiger partial charge in [0.25, 0.3) is 6.26 Å². The van der Waals surface area contributed by atoms with Gasteiger partial charge in [-0.2, -0.15) is 0 Å². The Morgan fingerprint density at radius 3 is 2.05 bits per heavy atom. The molecule has 0 amide bonds. The van der Waals surface area contributed by atoms with Crippen LogP contribution in [0.1, 0.15) is 83.5 Å². The number of carbonyl (C=O) groups is 1. The van der Waals surface area contributed by atoms with Crippen LogP contribution in [-0.2, 0) is 8.98 Å². The molecular weight excluding hydrogens is 294 g/mol. The molecule has 0 bridgehead atoms. The van der Waals surface area contributed by atoms with E-state index in [0.717, 1.165) is 36.7 Å². The van der Waals surface area contributed by atoms with Gasteiger partial charge in [0.2, 0.25) is 5.12 Å². The second-order valence-corrected chi connectivity index (χ2v) is 7.75. The van der Waals surface area contributed by atoms with Gasteiger partial charge in [-0.15, -0.1) is 5.26 Å². The molecule has 0 spiro atoms. The van der Waals surface area contributed by atoms with Crippen molar-refractivity contribution < 1.29 is 8.98 Å². The first kappa shape index (κ1) is 17.7. The Labute approximate surface area is 139 Å². The Kier molecular flexibility index (Phi) is 8.15. The topological polar surface area (TPSA) is 50.1 Å². The van der Waals surface area contributed by atoms with Gasteiger partial charge in [-0.25, -0.2) is 0 Å². The molecule has 0 aromatic heterocycles. The number of carbonyl (C=O) groups excluding carboxylic acids is 1. The maximum atomic E-state index is 11.7. The van der Waals surface area contributed by atoms with E-state index in [4.69, 9.17) is 5.26 Å². The largest absolute Gasteiger partial charge is 0.344 e. The van der Waals surface area contributed by atoms with Gasteiger partial charge in [0.05, 0.1) is 0 Å². The molecule has 3 aliphatic carbocycles. The van der Waals surface area contributed by atoms with E-state index in [2.05, 4.69) is 4.18 Å². The fourth-order valence-corrected chi connectivity index (χ4v) is 4.75. The Balaban J connectivity index is 0.000000246. The van der Waals surface area contributed by atoms with Crippen LogP contribution in [0, 0.1) is 29.3 Å². The molecule has 0 aliphatic heterocycles. The van der Waals surface area contributed by atoms with Crippen molar-refractivity contribution in [3.8, 4) is 6.26 Å². The molecule has 3 saturated carbocycles. The molecule has 124 valence electrons. The van der Waals surface area contributed by atoms with Gasteiger partial charge in [0, 0.05) is 5.92 Å². The van der Waals surface area contributed by atoms with E-state index in [9.17, 15) is 4.79 Å². The molecule has 22 heavy (non-hydrogen) atoms. The normalized spacial score (nSPS) is 31.0. The second kappa shape index (κ2) is 10.2. The highest BCUT2D eigenvalue weighted by molar-refractivity contribution is 8.09. The lowest BCUT2D eigenvalue weighted by Crippen LogP contribution is -2.30. The van der Waals surface area contributed by atoms with Gasteiger partial charge in [-0.1, -0.05) is 64.2 Å². The summed E-state index contributed by atoms with van der Waals surface area (Å²) in [6.45, 7) is 0. The number of hydrogen-bond donors (Lipinski definition) is 0. The molecule has 0 heterocycles. The van der Waals surface area contributed by atoms with Crippen LogP contribution in [0.2, 0.25) is 0 Å². The molecule has 0 aromatic carbocycles. The highest BCUT2D eigenvalue weighted by atomic mass is 32.2. The third-order valence-corrected chi connectivity index (χ3v) is 6.19. The van der Waals surface area contributed by atoms with Gasteiger partial charge < -0.3 is 4.18 Å². The summed E-state index contributed by atoms with van der Waals surface area (Å²) in [5, 5.41) is 8.30. The summed E-state index contributed by atoms with van der Waals surface area (Å²) in [5.41, 5.74) is 0. The van der Waals surface area contributed by atoms with Crippen LogP contribution < -0.4 is 0 Å². The van der Waals surface area contributed by atoms with E-state index in [-0.39, 0.29) is 11.0 Å². The number of fused-ring (bicyclic) bond motifs is 1. The van der Waals surface area contributed by atoms with Crippen LogP contribution in [0.25, 0.3) is 0 Å². The maximum absolute atomic E-state index is 11.7. The summed E-state index contributed by atoms with van der Waals surface area (Å²) in [7, 11) is 0. The van der Waals surface area contributed by atoms with E-state index >= 15 is 0 Å². The monoisotopic (exact) mass is 323 g/mol. The highest BCUT2D eigenvalue weighted by Crippen LogP contribution is 2.43. The number of hydrogen-bond acceptors (Lipinski definition) is 4. The average Bonchev–Trinajstić information content (AvgIpc) is 2.61. The van der Waals surface area contributed by atoms with Crippen molar-refractivity contribution >= 4 is 17.2 Å². The number of nitrogens with zero attached hydrogens (tertiary/aromatic N) is 1. The third-order valence-electron chi connectivity index (χ3n) is 5.53. The van der Waals surface area contributed by atoms with Gasteiger partial charge in [0.15, 0.2) is 0 Å². The smallest absolute Gasteiger partial charge is 0.300 e. The maximum Gasteiger partial charge on any atom is 0.300 e. The van der Waals surface area contributed by atoms with Gasteiger partial charge in [-0.05, 0) is 31.1 Å². The molecule has 4 heteroatoms. The summed E-state index contributed by atoms with van der Waals surface area (Å²) >= 11 is 0.722. The Bertz CT molecular complexity index is 364. The molecule has 3 rings (SSSR count). The first-order chi connectivity index (χ1) is 10.8. The van der Waals surface area contributed by atoms with Crippen LogP contribution in [0.3, 0.4) is 0 Å². The molecule has 0 N–H and O–H groups in total. The summed E-state index contributed by atoms with van der Waals surface area (Å²) < 4.78 is 4.46. The predicted octanol–water partition coefficient (Wildman–Crippen LogP) is 5.61. The van der Waals surface area contributed by atoms with Crippen molar-refractivity contribution in [3.63, 3.8) is 0 Å². The predicted molar refractivity (Wildman–Crippen MR) is 89.8 cm³/mol. The van der Waals surface area contributed by atoms with Gasteiger partial charge in [-0.3, -0.25) is 4.79 Å². The van der Waals surface area contributed by atoms with E-state index in [1.165, 1.54) is 76.9 Å². The molecule has 0 saturated heterocycles. The molecule has 0 aromatic rings. The van der Waals surface area contributed by atoms with Crippen molar-refractivity contribution in [2.75, 3.05) is 0 Å². The third kappa shape index (κ3) is 5.83. The van der Waals surface area contributed by atoms with E-state index < -0.39 is 0 Å². The molecule has 3 fully saturated rings. The minimum Gasteiger partial charge on any atom is -0.344 e. The van der Waals surface area contributed by atoms with Crippen LogP contribution >= 0.6 is 12.0 Å². The van der Waals surface area contributed by atoms with Crippen molar-refractivity contribution in [1.29, 1.82) is 5.26 Å². The Morgan fingerprint density at radius 2 is 1.45 bits per heavy atom. The van der Waals surface area contributed by atoms with Crippen molar-refractivity contribution in [2.24, 2.45) is 17.8 Å². The lowest BCUT2D eigenvalue weighted by atomic mass is 9.68. The van der Waals surface area contributed by atoms with Gasteiger partial charge >= 0.3 is 0 Å². The van der Waals surface area contributed by atoms with Crippen LogP contribution in [0.5, 0.6) is 0 Å². The highest BCUT2D eigenvalue weighted by Gasteiger charge is 2.35. The quantitative estimate of drug-likeness (QED) is 0.490. The van der Waals surface area contributed by atoms with Crippen molar-refractivity contribution in [3.05, 3.63) is 0 Å². The zero-order valence-corrected chi connectivity index (χ0v) is 14.4. The second-order valence-electron chi connectivity index (χ2n) is 7.01. The summed E-state index contributed by atoms with van der Waals surface area (Å²) in [4.78, 5) is 11.7. The number of nitriles is 1. The van der Waals surface area contributed by atoms with Crippen LogP contribution in [-0.4, -0.2) is 5.12 Å². The molecule has 3 atom stereocenters. The zero-order chi connectivity index (χ0) is 15.6. The zero-order valence-electron chi connectivity index (χ0n) is 13.6. The first-order valence-electron chi connectivity index (χ1n) is 9.07. The lowest BCUT2D eigenvalue weighted by molar-refractivity contribution is -0.116. The van der Waals surface area contributed by atoms with E-state index in [1.807, 2.05) is 0 Å². The van der Waals surface area contributed by atoms with Crippen molar-refractivity contribution in [1.82, 2.24) is 0 Å². The van der Waals surface area contributed by atoms with E-state index in [0.29, 0.717) is 0 Å². The minimum absolute atomic E-state index is 0.0468. The van der Waals surface area contributed by atoms with Crippen molar-refractivity contribution in [2.45, 2.75) is 83.5 Å². The fraction of sp³-hybridized carbons (Fsp3) is 0.889. The average molecular weight is 324 g/mol. The summed E-state index contributed by atoms with van der Waals surface area (Å²) in [6, 6.07) is 0.